The van der Waals surface area contributed by atoms with E-state index in [2.05, 4.69) is 27.6 Å². The second-order valence-electron chi connectivity index (χ2n) is 6.47. The van der Waals surface area contributed by atoms with Gasteiger partial charge in [-0.15, -0.1) is 0 Å². The molecule has 1 aliphatic heterocycles. The van der Waals surface area contributed by atoms with Crippen LogP contribution in [0.3, 0.4) is 0 Å². The van der Waals surface area contributed by atoms with E-state index in [1.807, 2.05) is 25.1 Å². The molecule has 6 heteroatoms. The molecule has 0 aliphatic carbocycles. The standard InChI is InChI=1S/C21H25N3O3/c1-16-13-18(24-11-5-6-12-24)10-9-17(16)14-22-23-21(25)15-27-20-8-4-3-7-19(20)26-2/h3-4,7-10,13-14H,5-6,11-12,15H2,1-2H3,(H,23,25)/b22-14+. The van der Waals surface area contributed by atoms with Crippen LogP contribution in [0.5, 0.6) is 11.5 Å². The maximum atomic E-state index is 11.9. The quantitative estimate of drug-likeness (QED) is 0.603. The van der Waals surface area contributed by atoms with E-state index in [9.17, 15) is 4.79 Å². The zero-order valence-corrected chi connectivity index (χ0v) is 15.8. The Kier molecular flexibility index (Phi) is 6.30. The van der Waals surface area contributed by atoms with Crippen LogP contribution in [0.15, 0.2) is 47.6 Å². The van der Waals surface area contributed by atoms with Crippen molar-refractivity contribution in [2.45, 2.75) is 19.8 Å². The first-order valence-corrected chi connectivity index (χ1v) is 9.10. The molecule has 1 saturated heterocycles. The highest BCUT2D eigenvalue weighted by molar-refractivity contribution is 5.85. The number of nitrogens with zero attached hydrogens (tertiary/aromatic N) is 2. The van der Waals surface area contributed by atoms with Crippen LogP contribution in [0.1, 0.15) is 24.0 Å². The molecular weight excluding hydrogens is 342 g/mol. The molecule has 6 nitrogen and oxygen atoms in total. The van der Waals surface area contributed by atoms with Crippen LogP contribution in [-0.2, 0) is 4.79 Å². The molecule has 0 spiro atoms. The molecule has 0 radical (unpaired) electrons. The zero-order valence-electron chi connectivity index (χ0n) is 15.8. The van der Waals surface area contributed by atoms with E-state index in [1.54, 1.807) is 25.5 Å². The minimum absolute atomic E-state index is 0.134. The first kappa shape index (κ1) is 18.8. The van der Waals surface area contributed by atoms with E-state index in [1.165, 1.54) is 18.5 Å². The Balaban J connectivity index is 1.51. The van der Waals surface area contributed by atoms with Crippen molar-refractivity contribution >= 4 is 17.8 Å². The molecule has 3 rings (SSSR count). The number of amides is 1. The van der Waals surface area contributed by atoms with Gasteiger partial charge in [-0.2, -0.15) is 5.10 Å². The molecule has 1 amide bonds. The maximum Gasteiger partial charge on any atom is 0.277 e. The highest BCUT2D eigenvalue weighted by atomic mass is 16.5. The summed E-state index contributed by atoms with van der Waals surface area (Å²) in [6, 6.07) is 13.5. The summed E-state index contributed by atoms with van der Waals surface area (Å²) in [5.41, 5.74) is 5.84. The third kappa shape index (κ3) is 5.00. The fraction of sp³-hybridized carbons (Fsp3) is 0.333. The lowest BCUT2D eigenvalue weighted by Crippen LogP contribution is -2.24. The average molecular weight is 367 g/mol. The Morgan fingerprint density at radius 3 is 2.63 bits per heavy atom. The molecule has 1 fully saturated rings. The molecule has 0 aromatic heterocycles. The van der Waals surface area contributed by atoms with Crippen molar-refractivity contribution in [3.8, 4) is 11.5 Å². The summed E-state index contributed by atoms with van der Waals surface area (Å²) in [4.78, 5) is 14.3. The molecule has 1 heterocycles. The fourth-order valence-electron chi connectivity index (χ4n) is 3.06. The normalized spacial score (nSPS) is 13.8. The van der Waals surface area contributed by atoms with Gasteiger partial charge in [0.05, 0.1) is 13.3 Å². The minimum atomic E-state index is -0.330. The van der Waals surface area contributed by atoms with Gasteiger partial charge in [0, 0.05) is 18.8 Å². The summed E-state index contributed by atoms with van der Waals surface area (Å²) in [7, 11) is 1.56. The van der Waals surface area contributed by atoms with E-state index < -0.39 is 0 Å². The number of hydrazone groups is 1. The lowest BCUT2D eigenvalue weighted by Gasteiger charge is -2.18. The van der Waals surface area contributed by atoms with Crippen molar-refractivity contribution in [1.82, 2.24) is 5.43 Å². The van der Waals surface area contributed by atoms with E-state index in [0.29, 0.717) is 11.5 Å². The van der Waals surface area contributed by atoms with E-state index >= 15 is 0 Å². The van der Waals surface area contributed by atoms with Crippen LogP contribution < -0.4 is 19.8 Å². The SMILES string of the molecule is COc1ccccc1OCC(=O)N/N=C/c1ccc(N2CCCC2)cc1C. The van der Waals surface area contributed by atoms with Crippen molar-refractivity contribution in [2.75, 3.05) is 31.7 Å². The van der Waals surface area contributed by atoms with Crippen molar-refractivity contribution in [3.05, 3.63) is 53.6 Å². The van der Waals surface area contributed by atoms with E-state index in [4.69, 9.17) is 9.47 Å². The first-order valence-electron chi connectivity index (χ1n) is 9.10. The molecule has 1 N–H and O–H groups in total. The third-order valence-corrected chi connectivity index (χ3v) is 4.55. The van der Waals surface area contributed by atoms with E-state index in [0.717, 1.165) is 24.2 Å². The van der Waals surface area contributed by atoms with Crippen molar-refractivity contribution in [1.29, 1.82) is 0 Å². The molecule has 2 aromatic carbocycles. The van der Waals surface area contributed by atoms with Gasteiger partial charge in [0.15, 0.2) is 18.1 Å². The van der Waals surface area contributed by atoms with Crippen molar-refractivity contribution < 1.29 is 14.3 Å². The Hall–Kier alpha value is -3.02. The van der Waals surface area contributed by atoms with Crippen LogP contribution >= 0.6 is 0 Å². The molecule has 0 atom stereocenters. The summed E-state index contributed by atoms with van der Waals surface area (Å²) in [5.74, 6) is 0.776. The van der Waals surface area contributed by atoms with Crippen LogP contribution in [0.4, 0.5) is 5.69 Å². The largest absolute Gasteiger partial charge is 0.493 e. The van der Waals surface area contributed by atoms with Crippen LogP contribution in [0.25, 0.3) is 0 Å². The molecule has 2 aromatic rings. The Morgan fingerprint density at radius 1 is 1.19 bits per heavy atom. The van der Waals surface area contributed by atoms with Crippen LogP contribution in [0.2, 0.25) is 0 Å². The lowest BCUT2D eigenvalue weighted by molar-refractivity contribution is -0.123. The van der Waals surface area contributed by atoms with Crippen molar-refractivity contribution in [2.24, 2.45) is 5.10 Å². The fourth-order valence-corrected chi connectivity index (χ4v) is 3.06. The van der Waals surface area contributed by atoms with Gasteiger partial charge in [-0.25, -0.2) is 5.43 Å². The molecule has 0 bridgehead atoms. The number of methoxy groups -OCH3 is 1. The number of rotatable bonds is 7. The Labute approximate surface area is 159 Å². The molecule has 0 saturated carbocycles. The number of carbonyl (C=O) groups is 1. The van der Waals surface area contributed by atoms with Gasteiger partial charge in [0.25, 0.3) is 5.91 Å². The Bertz CT molecular complexity index is 814. The number of aryl methyl sites for hydroxylation is 1. The summed E-state index contributed by atoms with van der Waals surface area (Å²) >= 11 is 0. The predicted molar refractivity (Wildman–Crippen MR) is 107 cm³/mol. The maximum absolute atomic E-state index is 11.9. The van der Waals surface area contributed by atoms with Gasteiger partial charge in [-0.1, -0.05) is 18.2 Å². The number of ether oxygens (including phenoxy) is 2. The van der Waals surface area contributed by atoms with Crippen LogP contribution in [0, 0.1) is 6.92 Å². The smallest absolute Gasteiger partial charge is 0.277 e. The summed E-state index contributed by atoms with van der Waals surface area (Å²) < 4.78 is 10.7. The van der Waals surface area contributed by atoms with Crippen LogP contribution in [-0.4, -0.2) is 38.9 Å². The van der Waals surface area contributed by atoms with Gasteiger partial charge in [-0.05, 0) is 55.2 Å². The highest BCUT2D eigenvalue weighted by Crippen LogP contribution is 2.25. The molecular formula is C21H25N3O3. The second kappa shape index (κ2) is 9.07. The molecule has 142 valence electrons. The monoisotopic (exact) mass is 367 g/mol. The van der Waals surface area contributed by atoms with Gasteiger partial charge in [-0.3, -0.25) is 4.79 Å². The number of para-hydroxylation sites is 2. The highest BCUT2D eigenvalue weighted by Gasteiger charge is 2.12. The summed E-state index contributed by atoms with van der Waals surface area (Å²) in [5, 5.41) is 4.04. The minimum Gasteiger partial charge on any atom is -0.493 e. The third-order valence-electron chi connectivity index (χ3n) is 4.55. The number of hydrogen-bond donors (Lipinski definition) is 1. The number of nitrogens with one attached hydrogen (secondary N) is 1. The lowest BCUT2D eigenvalue weighted by atomic mass is 10.1. The molecule has 1 aliphatic rings. The Morgan fingerprint density at radius 2 is 1.93 bits per heavy atom. The first-order chi connectivity index (χ1) is 13.2. The second-order valence-corrected chi connectivity index (χ2v) is 6.47. The van der Waals surface area contributed by atoms with Gasteiger partial charge in [0.2, 0.25) is 0 Å². The van der Waals surface area contributed by atoms with Gasteiger partial charge < -0.3 is 14.4 Å². The van der Waals surface area contributed by atoms with Crippen molar-refractivity contribution in [3.63, 3.8) is 0 Å². The van der Waals surface area contributed by atoms with Gasteiger partial charge in [0.1, 0.15) is 0 Å². The topological polar surface area (TPSA) is 63.2 Å². The summed E-state index contributed by atoms with van der Waals surface area (Å²) in [6.07, 6.45) is 4.17. The van der Waals surface area contributed by atoms with Gasteiger partial charge >= 0.3 is 0 Å². The number of anilines is 1. The predicted octanol–water partition coefficient (Wildman–Crippen LogP) is 3.13. The molecule has 0 unspecified atom stereocenters. The number of hydrogen-bond acceptors (Lipinski definition) is 5. The van der Waals surface area contributed by atoms with E-state index in [-0.39, 0.29) is 12.5 Å². The zero-order chi connectivity index (χ0) is 19.1. The average Bonchev–Trinajstić information content (AvgIpc) is 3.22. The number of carbonyl (C=O) groups excluding carboxylic acids is 1. The summed E-state index contributed by atoms with van der Waals surface area (Å²) in [6.45, 7) is 4.16. The number of benzene rings is 2. The molecule has 27 heavy (non-hydrogen) atoms.